The highest BCUT2D eigenvalue weighted by molar-refractivity contribution is 6.18. The Morgan fingerprint density at radius 1 is 1.14 bits per heavy atom. The molecule has 0 spiro atoms. The maximum Gasteiger partial charge on any atom is 0.123 e. The predicted molar refractivity (Wildman–Crippen MR) is 83.5 cm³/mol. The second kappa shape index (κ2) is 6.48. The van der Waals surface area contributed by atoms with Crippen molar-refractivity contribution in [1.29, 1.82) is 0 Å². The van der Waals surface area contributed by atoms with Crippen LogP contribution in [0.15, 0.2) is 48.5 Å². The molecule has 2 aromatic carbocycles. The van der Waals surface area contributed by atoms with Gasteiger partial charge in [-0.2, -0.15) is 0 Å². The van der Waals surface area contributed by atoms with Crippen LogP contribution < -0.4 is 4.74 Å². The van der Waals surface area contributed by atoms with Crippen LogP contribution in [0.25, 0.3) is 0 Å². The van der Waals surface area contributed by atoms with Gasteiger partial charge in [0.05, 0.1) is 0 Å². The Balaban J connectivity index is 1.60. The van der Waals surface area contributed by atoms with Crippen molar-refractivity contribution < 1.29 is 9.13 Å². The molecule has 0 amide bonds. The van der Waals surface area contributed by atoms with Gasteiger partial charge in [0.2, 0.25) is 0 Å². The molecule has 0 aliphatic carbocycles. The van der Waals surface area contributed by atoms with Crippen LogP contribution in [0.5, 0.6) is 5.75 Å². The average molecular weight is 305 g/mol. The zero-order valence-corrected chi connectivity index (χ0v) is 12.5. The van der Waals surface area contributed by atoms with E-state index in [2.05, 4.69) is 6.07 Å². The van der Waals surface area contributed by atoms with Gasteiger partial charge in [0.25, 0.3) is 0 Å². The monoisotopic (exact) mass is 304 g/mol. The van der Waals surface area contributed by atoms with Crippen molar-refractivity contribution in [3.05, 3.63) is 65.5 Å². The standard InChI is InChI=1S/C18H18ClFO/c19-12-14(9-13-5-7-16(20)8-6-13)10-17-11-15-3-1-2-4-18(15)21-17/h1-8,14,17H,9-12H2. The Bertz CT molecular complexity index is 571. The molecule has 3 heteroatoms. The molecule has 1 heterocycles. The average Bonchev–Trinajstić information content (AvgIpc) is 2.91. The quantitative estimate of drug-likeness (QED) is 0.733. The maximum absolute atomic E-state index is 12.9. The lowest BCUT2D eigenvalue weighted by molar-refractivity contribution is 0.198. The minimum absolute atomic E-state index is 0.198. The number of alkyl halides is 1. The van der Waals surface area contributed by atoms with E-state index in [4.69, 9.17) is 16.3 Å². The number of fused-ring (bicyclic) bond motifs is 1. The van der Waals surface area contributed by atoms with Crippen LogP contribution >= 0.6 is 11.6 Å². The first-order chi connectivity index (χ1) is 10.2. The first-order valence-corrected chi connectivity index (χ1v) is 7.83. The molecule has 0 bridgehead atoms. The SMILES string of the molecule is Fc1ccc(CC(CCl)CC2Cc3ccccc3O2)cc1. The highest BCUT2D eigenvalue weighted by Gasteiger charge is 2.25. The van der Waals surface area contributed by atoms with Gasteiger partial charge in [0.15, 0.2) is 0 Å². The van der Waals surface area contributed by atoms with Gasteiger partial charge >= 0.3 is 0 Å². The predicted octanol–water partition coefficient (Wildman–Crippen LogP) is 4.62. The summed E-state index contributed by atoms with van der Waals surface area (Å²) in [6.07, 6.45) is 2.94. The molecule has 2 aromatic rings. The fraction of sp³-hybridized carbons (Fsp3) is 0.333. The van der Waals surface area contributed by atoms with Crippen molar-refractivity contribution in [2.24, 2.45) is 5.92 Å². The molecule has 3 rings (SSSR count). The van der Waals surface area contributed by atoms with E-state index in [1.165, 1.54) is 17.7 Å². The van der Waals surface area contributed by atoms with Crippen LogP contribution in [0.3, 0.4) is 0 Å². The van der Waals surface area contributed by atoms with Crippen molar-refractivity contribution in [2.45, 2.75) is 25.4 Å². The lowest BCUT2D eigenvalue weighted by atomic mass is 9.93. The minimum atomic E-state index is -0.198. The third-order valence-electron chi connectivity index (χ3n) is 3.97. The Labute approximate surface area is 129 Å². The fourth-order valence-corrected chi connectivity index (χ4v) is 3.15. The summed E-state index contributed by atoms with van der Waals surface area (Å²) in [5.41, 5.74) is 2.40. The van der Waals surface area contributed by atoms with Crippen LogP contribution in [0, 0.1) is 11.7 Å². The third kappa shape index (κ3) is 3.56. The maximum atomic E-state index is 12.9. The van der Waals surface area contributed by atoms with E-state index in [9.17, 15) is 4.39 Å². The number of ether oxygens (including phenoxy) is 1. The number of benzene rings is 2. The third-order valence-corrected chi connectivity index (χ3v) is 4.40. The van der Waals surface area contributed by atoms with Crippen molar-refractivity contribution in [1.82, 2.24) is 0 Å². The van der Waals surface area contributed by atoms with Gasteiger partial charge in [-0.1, -0.05) is 30.3 Å². The van der Waals surface area contributed by atoms with Crippen molar-refractivity contribution >= 4 is 11.6 Å². The van der Waals surface area contributed by atoms with E-state index < -0.39 is 0 Å². The number of halogens is 2. The highest BCUT2D eigenvalue weighted by Crippen LogP contribution is 2.31. The van der Waals surface area contributed by atoms with Crippen LogP contribution in [-0.2, 0) is 12.8 Å². The molecule has 110 valence electrons. The molecule has 0 aromatic heterocycles. The molecule has 0 fully saturated rings. The van der Waals surface area contributed by atoms with E-state index >= 15 is 0 Å². The summed E-state index contributed by atoms with van der Waals surface area (Å²) in [4.78, 5) is 0. The van der Waals surface area contributed by atoms with E-state index in [1.807, 2.05) is 30.3 Å². The van der Waals surface area contributed by atoms with Gasteiger partial charge in [-0.3, -0.25) is 0 Å². The molecule has 2 atom stereocenters. The summed E-state index contributed by atoms with van der Waals surface area (Å²) in [5.74, 6) is 1.73. The first kappa shape index (κ1) is 14.4. The van der Waals surface area contributed by atoms with Crippen molar-refractivity contribution in [3.63, 3.8) is 0 Å². The van der Waals surface area contributed by atoms with E-state index in [-0.39, 0.29) is 11.9 Å². The summed E-state index contributed by atoms with van der Waals surface area (Å²) >= 11 is 6.11. The normalized spacial score (nSPS) is 18.1. The summed E-state index contributed by atoms with van der Waals surface area (Å²) < 4.78 is 18.9. The first-order valence-electron chi connectivity index (χ1n) is 7.29. The molecular formula is C18H18ClFO. The van der Waals surface area contributed by atoms with Gasteiger partial charge in [0.1, 0.15) is 17.7 Å². The van der Waals surface area contributed by atoms with Crippen molar-refractivity contribution in [3.8, 4) is 5.75 Å². The lowest BCUT2D eigenvalue weighted by Gasteiger charge is -2.18. The Kier molecular flexibility index (Phi) is 4.45. The molecular weight excluding hydrogens is 287 g/mol. The smallest absolute Gasteiger partial charge is 0.123 e. The summed E-state index contributed by atoms with van der Waals surface area (Å²) in [7, 11) is 0. The van der Waals surface area contributed by atoms with Crippen molar-refractivity contribution in [2.75, 3.05) is 5.88 Å². The zero-order valence-electron chi connectivity index (χ0n) is 11.8. The zero-order chi connectivity index (χ0) is 14.7. The molecule has 0 N–H and O–H groups in total. The molecule has 1 nitrogen and oxygen atoms in total. The Morgan fingerprint density at radius 2 is 1.90 bits per heavy atom. The fourth-order valence-electron chi connectivity index (χ4n) is 2.91. The molecule has 1 aliphatic rings. The highest BCUT2D eigenvalue weighted by atomic mass is 35.5. The van der Waals surface area contributed by atoms with E-state index in [0.29, 0.717) is 11.8 Å². The van der Waals surface area contributed by atoms with Crippen LogP contribution in [0.4, 0.5) is 4.39 Å². The second-order valence-electron chi connectivity index (χ2n) is 5.64. The largest absolute Gasteiger partial charge is 0.490 e. The van der Waals surface area contributed by atoms with E-state index in [1.54, 1.807) is 0 Å². The molecule has 21 heavy (non-hydrogen) atoms. The molecule has 0 saturated heterocycles. The topological polar surface area (TPSA) is 9.23 Å². The Hall–Kier alpha value is -1.54. The minimum Gasteiger partial charge on any atom is -0.490 e. The van der Waals surface area contributed by atoms with Crippen LogP contribution in [0.2, 0.25) is 0 Å². The van der Waals surface area contributed by atoms with Gasteiger partial charge in [0, 0.05) is 12.3 Å². The van der Waals surface area contributed by atoms with Gasteiger partial charge < -0.3 is 4.74 Å². The van der Waals surface area contributed by atoms with Crippen LogP contribution in [-0.4, -0.2) is 12.0 Å². The number of para-hydroxylation sites is 1. The summed E-state index contributed by atoms with van der Waals surface area (Å²) in [6.45, 7) is 0. The number of rotatable bonds is 5. The lowest BCUT2D eigenvalue weighted by Crippen LogP contribution is -2.20. The van der Waals surface area contributed by atoms with E-state index in [0.717, 1.165) is 30.6 Å². The van der Waals surface area contributed by atoms with Crippen LogP contribution in [0.1, 0.15) is 17.5 Å². The molecule has 0 radical (unpaired) electrons. The van der Waals surface area contributed by atoms with Gasteiger partial charge in [-0.15, -0.1) is 11.6 Å². The van der Waals surface area contributed by atoms with Gasteiger partial charge in [-0.25, -0.2) is 4.39 Å². The Morgan fingerprint density at radius 3 is 2.62 bits per heavy atom. The molecule has 1 aliphatic heterocycles. The summed E-state index contributed by atoms with van der Waals surface area (Å²) in [6, 6.07) is 14.8. The second-order valence-corrected chi connectivity index (χ2v) is 5.95. The van der Waals surface area contributed by atoms with Gasteiger partial charge in [-0.05, 0) is 48.1 Å². The molecule has 0 saturated carbocycles. The summed E-state index contributed by atoms with van der Waals surface area (Å²) in [5, 5.41) is 0. The molecule has 2 unspecified atom stereocenters. The number of hydrogen-bond donors (Lipinski definition) is 0. The number of hydrogen-bond acceptors (Lipinski definition) is 1.